The van der Waals surface area contributed by atoms with E-state index >= 15 is 0 Å². The number of carbonyl (C=O) groups is 3. The van der Waals surface area contributed by atoms with Gasteiger partial charge in [-0.15, -0.1) is 11.3 Å². The summed E-state index contributed by atoms with van der Waals surface area (Å²) in [5.41, 5.74) is 0.882. The van der Waals surface area contributed by atoms with Crippen molar-refractivity contribution >= 4 is 46.4 Å². The number of hydrogen-bond donors (Lipinski definition) is 1. The van der Waals surface area contributed by atoms with Gasteiger partial charge in [0, 0.05) is 18.0 Å². The lowest BCUT2D eigenvalue weighted by molar-refractivity contribution is -0.122. The number of benzene rings is 1. The molecule has 0 unspecified atom stereocenters. The van der Waals surface area contributed by atoms with E-state index in [1.165, 1.54) is 11.3 Å². The smallest absolute Gasteiger partial charge is 0.407 e. The van der Waals surface area contributed by atoms with Crippen LogP contribution in [0.15, 0.2) is 52.7 Å². The maximum absolute atomic E-state index is 12.3. The number of alkyl carbamates (subject to hydrolysis) is 1. The summed E-state index contributed by atoms with van der Waals surface area (Å²) in [5, 5.41) is 4.12. The van der Waals surface area contributed by atoms with Gasteiger partial charge in [-0.05, 0) is 34.8 Å². The molecule has 26 heavy (non-hydrogen) atoms. The minimum absolute atomic E-state index is 0.104. The zero-order valence-corrected chi connectivity index (χ0v) is 15.3. The molecule has 3 amide bonds. The zero-order chi connectivity index (χ0) is 18.4. The normalized spacial score (nSPS) is 15.5. The zero-order valence-electron chi connectivity index (χ0n) is 13.7. The Kier molecular flexibility index (Phi) is 6.08. The fourth-order valence-corrected chi connectivity index (χ4v) is 3.83. The van der Waals surface area contributed by atoms with E-state index < -0.39 is 6.09 Å². The van der Waals surface area contributed by atoms with E-state index in [9.17, 15) is 14.4 Å². The SMILES string of the molecule is O=C(NCCN1C(=O)SC(=Cc2cccs2)C1=O)OCc1ccccc1. The Morgan fingerprint density at radius 2 is 1.96 bits per heavy atom. The van der Waals surface area contributed by atoms with Gasteiger partial charge in [0.15, 0.2) is 0 Å². The van der Waals surface area contributed by atoms with Crippen molar-refractivity contribution in [2.24, 2.45) is 0 Å². The number of thioether (sulfide) groups is 1. The van der Waals surface area contributed by atoms with Gasteiger partial charge >= 0.3 is 6.09 Å². The van der Waals surface area contributed by atoms with E-state index in [0.29, 0.717) is 4.91 Å². The molecule has 0 atom stereocenters. The molecule has 1 N–H and O–H groups in total. The third kappa shape index (κ3) is 4.74. The number of carbonyl (C=O) groups excluding carboxylic acids is 3. The van der Waals surface area contributed by atoms with Gasteiger partial charge in [-0.3, -0.25) is 14.5 Å². The van der Waals surface area contributed by atoms with Crippen LogP contribution in [0.25, 0.3) is 6.08 Å². The van der Waals surface area contributed by atoms with Crippen LogP contribution < -0.4 is 5.32 Å². The summed E-state index contributed by atoms with van der Waals surface area (Å²) in [7, 11) is 0. The van der Waals surface area contributed by atoms with E-state index in [4.69, 9.17) is 4.74 Å². The molecule has 134 valence electrons. The summed E-state index contributed by atoms with van der Waals surface area (Å²) in [4.78, 5) is 38.4. The van der Waals surface area contributed by atoms with Gasteiger partial charge in [0.05, 0.1) is 4.91 Å². The van der Waals surface area contributed by atoms with E-state index in [0.717, 1.165) is 27.1 Å². The Morgan fingerprint density at radius 3 is 2.69 bits per heavy atom. The molecule has 8 heteroatoms. The van der Waals surface area contributed by atoms with E-state index in [2.05, 4.69) is 5.32 Å². The number of imide groups is 1. The van der Waals surface area contributed by atoms with Crippen LogP contribution in [0.1, 0.15) is 10.4 Å². The summed E-state index contributed by atoms with van der Waals surface area (Å²) >= 11 is 2.40. The van der Waals surface area contributed by atoms with Crippen LogP contribution in [-0.2, 0) is 16.1 Å². The molecule has 0 radical (unpaired) electrons. The van der Waals surface area contributed by atoms with Crippen molar-refractivity contribution in [3.63, 3.8) is 0 Å². The number of ether oxygens (including phenoxy) is 1. The van der Waals surface area contributed by atoms with Gasteiger partial charge in [0.25, 0.3) is 11.1 Å². The second-order valence-corrected chi connectivity index (χ2v) is 7.31. The van der Waals surface area contributed by atoms with Crippen LogP contribution in [0.3, 0.4) is 0 Å². The minimum Gasteiger partial charge on any atom is -0.445 e. The Morgan fingerprint density at radius 1 is 1.15 bits per heavy atom. The van der Waals surface area contributed by atoms with E-state index in [1.54, 1.807) is 6.08 Å². The molecule has 1 aliphatic rings. The topological polar surface area (TPSA) is 75.7 Å². The largest absolute Gasteiger partial charge is 0.445 e. The molecule has 1 aromatic carbocycles. The van der Waals surface area contributed by atoms with Crippen LogP contribution in [0, 0.1) is 0 Å². The number of rotatable bonds is 6. The lowest BCUT2D eigenvalue weighted by atomic mass is 10.2. The standard InChI is InChI=1S/C18H16N2O4S2/c21-16-15(11-14-7-4-10-25-14)26-18(23)20(16)9-8-19-17(22)24-12-13-5-2-1-3-6-13/h1-7,10-11H,8-9,12H2,(H,19,22). The Hall–Kier alpha value is -2.58. The van der Waals surface area contributed by atoms with Crippen molar-refractivity contribution in [2.75, 3.05) is 13.1 Å². The first-order valence-corrected chi connectivity index (χ1v) is 9.56. The molecule has 1 aliphatic heterocycles. The number of nitrogens with zero attached hydrogens (tertiary/aromatic N) is 1. The molecule has 0 bridgehead atoms. The van der Waals surface area contributed by atoms with Crippen LogP contribution in [0.5, 0.6) is 0 Å². The van der Waals surface area contributed by atoms with Crippen molar-refractivity contribution in [1.82, 2.24) is 10.2 Å². The Bertz CT molecular complexity index is 819. The highest BCUT2D eigenvalue weighted by Crippen LogP contribution is 2.32. The first-order chi connectivity index (χ1) is 12.6. The average Bonchev–Trinajstić information content (AvgIpc) is 3.24. The fourth-order valence-electron chi connectivity index (χ4n) is 2.24. The molecule has 2 aromatic rings. The van der Waals surface area contributed by atoms with Crippen LogP contribution in [0.2, 0.25) is 0 Å². The molecule has 6 nitrogen and oxygen atoms in total. The summed E-state index contributed by atoms with van der Waals surface area (Å²) in [6, 6.07) is 13.1. The third-order valence-electron chi connectivity index (χ3n) is 3.51. The van der Waals surface area contributed by atoms with Crippen LogP contribution in [-0.4, -0.2) is 35.2 Å². The van der Waals surface area contributed by atoms with Gasteiger partial charge < -0.3 is 10.1 Å². The van der Waals surface area contributed by atoms with Crippen LogP contribution in [0.4, 0.5) is 9.59 Å². The van der Waals surface area contributed by atoms with Crippen molar-refractivity contribution in [1.29, 1.82) is 0 Å². The lowest BCUT2D eigenvalue weighted by Crippen LogP contribution is -2.37. The highest BCUT2D eigenvalue weighted by molar-refractivity contribution is 8.18. The summed E-state index contributed by atoms with van der Waals surface area (Å²) < 4.78 is 5.08. The average molecular weight is 388 g/mol. The Labute approximate surface area is 158 Å². The number of nitrogens with one attached hydrogen (secondary N) is 1. The van der Waals surface area contributed by atoms with Gasteiger partial charge in [-0.1, -0.05) is 36.4 Å². The molecule has 1 aromatic heterocycles. The second-order valence-electron chi connectivity index (χ2n) is 5.34. The number of thiophene rings is 1. The quantitative estimate of drug-likeness (QED) is 0.764. The minimum atomic E-state index is -0.588. The van der Waals surface area contributed by atoms with Gasteiger partial charge in [0.2, 0.25) is 0 Å². The highest BCUT2D eigenvalue weighted by Gasteiger charge is 2.34. The summed E-state index contributed by atoms with van der Waals surface area (Å²) in [6.45, 7) is 0.405. The molecule has 1 saturated heterocycles. The second kappa shape index (κ2) is 8.68. The van der Waals surface area contributed by atoms with Crippen molar-refractivity contribution in [3.05, 3.63) is 63.2 Å². The molecular weight excluding hydrogens is 372 g/mol. The van der Waals surface area contributed by atoms with E-state index in [-0.39, 0.29) is 30.8 Å². The number of hydrogen-bond acceptors (Lipinski definition) is 6. The highest BCUT2D eigenvalue weighted by atomic mass is 32.2. The summed E-state index contributed by atoms with van der Waals surface area (Å²) in [6.07, 6.45) is 1.12. The van der Waals surface area contributed by atoms with Crippen molar-refractivity contribution < 1.29 is 19.1 Å². The molecule has 2 heterocycles. The van der Waals surface area contributed by atoms with Gasteiger partial charge in [-0.2, -0.15) is 0 Å². The van der Waals surface area contributed by atoms with Crippen molar-refractivity contribution in [3.8, 4) is 0 Å². The fraction of sp³-hybridized carbons (Fsp3) is 0.167. The molecule has 0 saturated carbocycles. The lowest BCUT2D eigenvalue weighted by Gasteiger charge is -2.13. The number of amides is 3. The molecule has 0 spiro atoms. The first-order valence-electron chi connectivity index (χ1n) is 7.87. The molecule has 0 aliphatic carbocycles. The van der Waals surface area contributed by atoms with Crippen molar-refractivity contribution in [2.45, 2.75) is 6.61 Å². The summed E-state index contributed by atoms with van der Waals surface area (Å²) in [5.74, 6) is -0.340. The van der Waals surface area contributed by atoms with Gasteiger partial charge in [-0.25, -0.2) is 4.79 Å². The van der Waals surface area contributed by atoms with Crippen LogP contribution >= 0.6 is 23.1 Å². The maximum Gasteiger partial charge on any atom is 0.407 e. The first kappa shape index (κ1) is 18.2. The molecule has 1 fully saturated rings. The molecule has 3 rings (SSSR count). The van der Waals surface area contributed by atoms with Gasteiger partial charge in [0.1, 0.15) is 6.61 Å². The monoisotopic (exact) mass is 388 g/mol. The predicted octanol–water partition coefficient (Wildman–Crippen LogP) is 3.71. The molecular formula is C18H16N2O4S2. The predicted molar refractivity (Wildman–Crippen MR) is 102 cm³/mol. The van der Waals surface area contributed by atoms with E-state index in [1.807, 2.05) is 47.8 Å². The third-order valence-corrected chi connectivity index (χ3v) is 5.23. The Balaban J connectivity index is 1.45. The maximum atomic E-state index is 12.3.